The highest BCUT2D eigenvalue weighted by Gasteiger charge is 2.00. The van der Waals surface area contributed by atoms with Crippen LogP contribution in [0.25, 0.3) is 0 Å². The summed E-state index contributed by atoms with van der Waals surface area (Å²) in [5, 5.41) is 0. The molecule has 0 aliphatic heterocycles. The van der Waals surface area contributed by atoms with Crippen molar-refractivity contribution in [3.63, 3.8) is 0 Å². The Hall–Kier alpha value is -2.00. The molecule has 2 aromatic carbocycles. The summed E-state index contributed by atoms with van der Waals surface area (Å²) in [5.74, 6) is 2.43. The monoisotopic (exact) mass is 257 g/mol. The Morgan fingerprint density at radius 1 is 0.895 bits per heavy atom. The molecule has 0 amide bonds. The van der Waals surface area contributed by atoms with Gasteiger partial charge in [0.1, 0.15) is 17.2 Å². The first-order valence-electron chi connectivity index (χ1n) is 6.34. The number of methoxy groups -OCH3 is 1. The van der Waals surface area contributed by atoms with Gasteiger partial charge in [-0.2, -0.15) is 0 Å². The molecule has 2 aromatic rings. The lowest BCUT2D eigenvalue weighted by molar-refractivity contribution is 0.413. The first-order valence-corrected chi connectivity index (χ1v) is 6.34. The zero-order chi connectivity index (χ0) is 13.7. The van der Waals surface area contributed by atoms with E-state index in [2.05, 4.69) is 0 Å². The van der Waals surface area contributed by atoms with Crippen LogP contribution in [0.1, 0.15) is 12.5 Å². The maximum Gasteiger partial charge on any atom is 0.127 e. The largest absolute Gasteiger partial charge is 0.497 e. The van der Waals surface area contributed by atoms with Gasteiger partial charge in [0, 0.05) is 6.04 Å². The summed E-state index contributed by atoms with van der Waals surface area (Å²) in [5.41, 5.74) is 6.99. The fourth-order valence-corrected chi connectivity index (χ4v) is 1.85. The highest BCUT2D eigenvalue weighted by molar-refractivity contribution is 5.36. The van der Waals surface area contributed by atoms with E-state index in [0.717, 1.165) is 23.7 Å². The second kappa shape index (κ2) is 6.25. The molecule has 0 fully saturated rings. The lowest BCUT2D eigenvalue weighted by atomic mass is 10.1. The molecule has 1 atom stereocenters. The molecule has 1 unspecified atom stereocenters. The second-order valence-electron chi connectivity index (χ2n) is 4.60. The van der Waals surface area contributed by atoms with Crippen molar-refractivity contribution in [2.75, 3.05) is 7.11 Å². The molecule has 0 heterocycles. The van der Waals surface area contributed by atoms with Gasteiger partial charge in [0.15, 0.2) is 0 Å². The van der Waals surface area contributed by atoms with E-state index in [9.17, 15) is 0 Å². The first kappa shape index (κ1) is 13.4. The SMILES string of the molecule is COc1ccc(Oc2ccc(CC(C)N)cc2)cc1. The molecular formula is C16H19NO2. The van der Waals surface area contributed by atoms with Gasteiger partial charge in [0.2, 0.25) is 0 Å². The normalized spacial score (nSPS) is 11.9. The summed E-state index contributed by atoms with van der Waals surface area (Å²) in [6.07, 6.45) is 0.878. The van der Waals surface area contributed by atoms with Crippen LogP contribution in [0.15, 0.2) is 48.5 Å². The molecule has 0 aliphatic rings. The lowest BCUT2D eigenvalue weighted by Crippen LogP contribution is -2.17. The smallest absolute Gasteiger partial charge is 0.127 e. The first-order chi connectivity index (χ1) is 9.17. The molecule has 0 radical (unpaired) electrons. The van der Waals surface area contributed by atoms with Crippen molar-refractivity contribution in [3.05, 3.63) is 54.1 Å². The van der Waals surface area contributed by atoms with Gasteiger partial charge < -0.3 is 15.2 Å². The van der Waals surface area contributed by atoms with Crippen LogP contribution in [0.2, 0.25) is 0 Å². The number of rotatable bonds is 5. The Balaban J connectivity index is 2.02. The molecule has 3 heteroatoms. The van der Waals surface area contributed by atoms with E-state index in [0.29, 0.717) is 0 Å². The van der Waals surface area contributed by atoms with Gasteiger partial charge in [-0.05, 0) is 55.3 Å². The van der Waals surface area contributed by atoms with Crippen molar-refractivity contribution in [2.45, 2.75) is 19.4 Å². The van der Waals surface area contributed by atoms with E-state index in [1.54, 1.807) is 7.11 Å². The average molecular weight is 257 g/mol. The quantitative estimate of drug-likeness (QED) is 0.893. The number of hydrogen-bond donors (Lipinski definition) is 1. The molecule has 0 aromatic heterocycles. The highest BCUT2D eigenvalue weighted by Crippen LogP contribution is 2.24. The van der Waals surface area contributed by atoms with Crippen LogP contribution in [0, 0.1) is 0 Å². The Morgan fingerprint density at radius 3 is 1.84 bits per heavy atom. The van der Waals surface area contributed by atoms with Gasteiger partial charge in [-0.25, -0.2) is 0 Å². The maximum absolute atomic E-state index is 5.77. The van der Waals surface area contributed by atoms with E-state index in [1.807, 2.05) is 55.5 Å². The van der Waals surface area contributed by atoms with Crippen LogP contribution in [0.5, 0.6) is 17.2 Å². The van der Waals surface area contributed by atoms with Crippen LogP contribution in [0.4, 0.5) is 0 Å². The molecule has 0 bridgehead atoms. The third kappa shape index (κ3) is 4.00. The minimum absolute atomic E-state index is 0.174. The molecule has 2 N–H and O–H groups in total. The van der Waals surface area contributed by atoms with Gasteiger partial charge in [-0.15, -0.1) is 0 Å². The molecule has 100 valence electrons. The number of benzene rings is 2. The predicted molar refractivity (Wildman–Crippen MR) is 76.9 cm³/mol. The minimum atomic E-state index is 0.174. The molecule has 0 saturated carbocycles. The molecule has 3 nitrogen and oxygen atoms in total. The second-order valence-corrected chi connectivity index (χ2v) is 4.60. The van der Waals surface area contributed by atoms with Crippen LogP contribution in [-0.2, 0) is 6.42 Å². The topological polar surface area (TPSA) is 44.5 Å². The predicted octanol–water partition coefficient (Wildman–Crippen LogP) is 3.38. The lowest BCUT2D eigenvalue weighted by Gasteiger charge is -2.08. The third-order valence-corrected chi connectivity index (χ3v) is 2.78. The van der Waals surface area contributed by atoms with E-state index in [4.69, 9.17) is 15.2 Å². The molecular weight excluding hydrogens is 238 g/mol. The zero-order valence-corrected chi connectivity index (χ0v) is 11.3. The summed E-state index contributed by atoms with van der Waals surface area (Å²) in [6.45, 7) is 2.00. The van der Waals surface area contributed by atoms with Gasteiger partial charge in [0.25, 0.3) is 0 Å². The van der Waals surface area contributed by atoms with Crippen LogP contribution >= 0.6 is 0 Å². The molecule has 0 aliphatic carbocycles. The van der Waals surface area contributed by atoms with Crippen LogP contribution in [-0.4, -0.2) is 13.2 Å². The summed E-state index contributed by atoms with van der Waals surface area (Å²) in [7, 11) is 1.65. The fraction of sp³-hybridized carbons (Fsp3) is 0.250. The molecule has 0 spiro atoms. The van der Waals surface area contributed by atoms with Gasteiger partial charge in [-0.3, -0.25) is 0 Å². The van der Waals surface area contributed by atoms with E-state index in [1.165, 1.54) is 5.56 Å². The van der Waals surface area contributed by atoms with Gasteiger partial charge >= 0.3 is 0 Å². The van der Waals surface area contributed by atoms with Crippen LogP contribution in [0.3, 0.4) is 0 Å². The minimum Gasteiger partial charge on any atom is -0.497 e. The Morgan fingerprint density at radius 2 is 1.37 bits per heavy atom. The molecule has 2 rings (SSSR count). The number of nitrogens with two attached hydrogens (primary N) is 1. The van der Waals surface area contributed by atoms with Crippen molar-refractivity contribution in [1.29, 1.82) is 0 Å². The van der Waals surface area contributed by atoms with Crippen molar-refractivity contribution in [1.82, 2.24) is 0 Å². The summed E-state index contributed by atoms with van der Waals surface area (Å²) < 4.78 is 10.9. The Labute approximate surface area is 114 Å². The summed E-state index contributed by atoms with van der Waals surface area (Å²) in [4.78, 5) is 0. The van der Waals surface area contributed by atoms with Crippen molar-refractivity contribution in [3.8, 4) is 17.2 Å². The summed E-state index contributed by atoms with van der Waals surface area (Å²) in [6, 6.07) is 15.7. The zero-order valence-electron chi connectivity index (χ0n) is 11.3. The average Bonchev–Trinajstić information content (AvgIpc) is 2.41. The van der Waals surface area contributed by atoms with Crippen molar-refractivity contribution in [2.24, 2.45) is 5.73 Å². The highest BCUT2D eigenvalue weighted by atomic mass is 16.5. The van der Waals surface area contributed by atoms with Gasteiger partial charge in [-0.1, -0.05) is 12.1 Å². The molecule has 0 saturated heterocycles. The number of hydrogen-bond acceptors (Lipinski definition) is 3. The van der Waals surface area contributed by atoms with E-state index < -0.39 is 0 Å². The van der Waals surface area contributed by atoms with Crippen LogP contribution < -0.4 is 15.2 Å². The standard InChI is InChI=1S/C16H19NO2/c1-12(17)11-13-3-5-15(6-4-13)19-16-9-7-14(18-2)8-10-16/h3-10,12H,11,17H2,1-2H3. The maximum atomic E-state index is 5.77. The van der Waals surface area contributed by atoms with Crippen molar-refractivity contribution >= 4 is 0 Å². The van der Waals surface area contributed by atoms with E-state index in [-0.39, 0.29) is 6.04 Å². The molecule has 19 heavy (non-hydrogen) atoms. The van der Waals surface area contributed by atoms with Gasteiger partial charge in [0.05, 0.1) is 7.11 Å². The summed E-state index contributed by atoms with van der Waals surface area (Å²) >= 11 is 0. The number of ether oxygens (including phenoxy) is 2. The third-order valence-electron chi connectivity index (χ3n) is 2.78. The fourth-order valence-electron chi connectivity index (χ4n) is 1.85. The van der Waals surface area contributed by atoms with E-state index >= 15 is 0 Å². The Bertz CT molecular complexity index is 503. The van der Waals surface area contributed by atoms with Crippen molar-refractivity contribution < 1.29 is 9.47 Å². The Kier molecular flexibility index (Phi) is 4.42.